The lowest BCUT2D eigenvalue weighted by molar-refractivity contribution is -0.114. The number of sulfonamides is 1. The number of thiocarbonyl (C=S) groups is 1. The van der Waals surface area contributed by atoms with Gasteiger partial charge in [-0.1, -0.05) is 6.08 Å². The van der Waals surface area contributed by atoms with E-state index in [9.17, 15) is 13.2 Å². The standard InChI is InChI=1S/C12H15N3O3S2/c1-3-8-13-12(19)15-20(17,18)11-6-4-10(5-7-11)14-9(2)16/h3-7H,1,8H2,2H3,(H,14,16)(H2,13,15,19). The van der Waals surface area contributed by atoms with Gasteiger partial charge < -0.3 is 10.6 Å². The van der Waals surface area contributed by atoms with E-state index in [-0.39, 0.29) is 15.9 Å². The van der Waals surface area contributed by atoms with Gasteiger partial charge in [0.05, 0.1) is 4.90 Å². The van der Waals surface area contributed by atoms with Crippen molar-refractivity contribution in [2.45, 2.75) is 11.8 Å². The van der Waals surface area contributed by atoms with Gasteiger partial charge >= 0.3 is 0 Å². The highest BCUT2D eigenvalue weighted by atomic mass is 32.2. The van der Waals surface area contributed by atoms with Gasteiger partial charge in [0.15, 0.2) is 5.11 Å². The molecular formula is C12H15N3O3S2. The van der Waals surface area contributed by atoms with Crippen LogP contribution in [0.1, 0.15) is 6.92 Å². The highest BCUT2D eigenvalue weighted by Crippen LogP contribution is 2.13. The van der Waals surface area contributed by atoms with Gasteiger partial charge in [-0.25, -0.2) is 8.42 Å². The van der Waals surface area contributed by atoms with Gasteiger partial charge in [0.25, 0.3) is 10.0 Å². The molecule has 108 valence electrons. The number of carbonyl (C=O) groups is 1. The summed E-state index contributed by atoms with van der Waals surface area (Å²) in [6.07, 6.45) is 1.56. The summed E-state index contributed by atoms with van der Waals surface area (Å²) in [5.41, 5.74) is 0.517. The smallest absolute Gasteiger partial charge is 0.263 e. The van der Waals surface area contributed by atoms with Crippen molar-refractivity contribution in [2.75, 3.05) is 11.9 Å². The van der Waals surface area contributed by atoms with Gasteiger partial charge in [-0.05, 0) is 36.5 Å². The summed E-state index contributed by atoms with van der Waals surface area (Å²) in [6, 6.07) is 5.75. The van der Waals surface area contributed by atoms with E-state index in [0.717, 1.165) is 0 Å². The molecule has 1 aromatic carbocycles. The minimum atomic E-state index is -3.74. The van der Waals surface area contributed by atoms with E-state index < -0.39 is 10.0 Å². The first-order valence-corrected chi connectivity index (χ1v) is 7.53. The molecule has 20 heavy (non-hydrogen) atoms. The Morgan fingerprint density at radius 1 is 1.35 bits per heavy atom. The molecule has 0 radical (unpaired) electrons. The average Bonchev–Trinajstić information content (AvgIpc) is 2.35. The number of nitrogens with one attached hydrogen (secondary N) is 3. The Kier molecular flexibility index (Phi) is 5.66. The van der Waals surface area contributed by atoms with Crippen LogP contribution >= 0.6 is 12.2 Å². The molecule has 0 spiro atoms. The van der Waals surface area contributed by atoms with Crippen molar-refractivity contribution in [1.82, 2.24) is 10.0 Å². The Bertz CT molecular complexity index is 609. The molecule has 0 aliphatic carbocycles. The molecule has 6 nitrogen and oxygen atoms in total. The van der Waals surface area contributed by atoms with Crippen molar-refractivity contribution in [1.29, 1.82) is 0 Å². The van der Waals surface area contributed by atoms with Gasteiger partial charge in [0.2, 0.25) is 5.91 Å². The second kappa shape index (κ2) is 7.01. The van der Waals surface area contributed by atoms with E-state index in [1.54, 1.807) is 6.08 Å². The zero-order valence-electron chi connectivity index (χ0n) is 10.8. The summed E-state index contributed by atoms with van der Waals surface area (Å²) in [5, 5.41) is 5.21. The highest BCUT2D eigenvalue weighted by Gasteiger charge is 2.15. The van der Waals surface area contributed by atoms with E-state index in [4.69, 9.17) is 12.2 Å². The van der Waals surface area contributed by atoms with Crippen molar-refractivity contribution in [3.05, 3.63) is 36.9 Å². The van der Waals surface area contributed by atoms with E-state index in [1.165, 1.54) is 31.2 Å². The first-order chi connectivity index (χ1) is 9.35. The van der Waals surface area contributed by atoms with Crippen LogP contribution in [-0.2, 0) is 14.8 Å². The summed E-state index contributed by atoms with van der Waals surface area (Å²) < 4.78 is 26.2. The van der Waals surface area contributed by atoms with Crippen molar-refractivity contribution >= 4 is 38.9 Å². The van der Waals surface area contributed by atoms with Gasteiger partial charge in [-0.3, -0.25) is 9.52 Å². The molecule has 1 rings (SSSR count). The van der Waals surface area contributed by atoms with Crippen molar-refractivity contribution in [3.63, 3.8) is 0 Å². The summed E-state index contributed by atoms with van der Waals surface area (Å²) >= 11 is 4.84. The van der Waals surface area contributed by atoms with Crippen LogP contribution in [0.5, 0.6) is 0 Å². The molecule has 1 aromatic rings. The largest absolute Gasteiger partial charge is 0.358 e. The second-order valence-electron chi connectivity index (χ2n) is 3.81. The lowest BCUT2D eigenvalue weighted by Gasteiger charge is -2.10. The second-order valence-corrected chi connectivity index (χ2v) is 5.90. The molecule has 0 saturated carbocycles. The summed E-state index contributed by atoms with van der Waals surface area (Å²) in [6.45, 7) is 5.22. The number of benzene rings is 1. The Morgan fingerprint density at radius 2 is 1.95 bits per heavy atom. The first kappa shape index (κ1) is 16.1. The predicted octanol–water partition coefficient (Wildman–Crippen LogP) is 0.984. The van der Waals surface area contributed by atoms with Gasteiger partial charge in [-0.2, -0.15) is 0 Å². The van der Waals surface area contributed by atoms with Crippen LogP contribution in [0.3, 0.4) is 0 Å². The third-order valence-corrected chi connectivity index (χ3v) is 3.86. The van der Waals surface area contributed by atoms with E-state index in [1.807, 2.05) is 0 Å². The van der Waals surface area contributed by atoms with E-state index >= 15 is 0 Å². The predicted molar refractivity (Wildman–Crippen MR) is 81.9 cm³/mol. The van der Waals surface area contributed by atoms with E-state index in [0.29, 0.717) is 12.2 Å². The monoisotopic (exact) mass is 313 g/mol. The molecule has 0 aliphatic heterocycles. The maximum absolute atomic E-state index is 12.0. The number of carbonyl (C=O) groups excluding carboxylic acids is 1. The van der Waals surface area contributed by atoms with Crippen molar-refractivity contribution in [3.8, 4) is 0 Å². The molecule has 0 saturated heterocycles. The number of hydrogen-bond acceptors (Lipinski definition) is 4. The summed E-state index contributed by atoms with van der Waals surface area (Å²) in [5.74, 6) is -0.228. The number of hydrogen-bond donors (Lipinski definition) is 3. The lowest BCUT2D eigenvalue weighted by atomic mass is 10.3. The van der Waals surface area contributed by atoms with Gasteiger partial charge in [0, 0.05) is 19.2 Å². The zero-order valence-corrected chi connectivity index (χ0v) is 12.5. The molecule has 3 N–H and O–H groups in total. The lowest BCUT2D eigenvalue weighted by Crippen LogP contribution is -2.39. The van der Waals surface area contributed by atoms with Crippen molar-refractivity contribution in [2.24, 2.45) is 0 Å². The normalized spacial score (nSPS) is 10.4. The first-order valence-electron chi connectivity index (χ1n) is 5.64. The number of rotatable bonds is 5. The minimum Gasteiger partial charge on any atom is -0.358 e. The third-order valence-electron chi connectivity index (χ3n) is 2.12. The summed E-state index contributed by atoms with van der Waals surface area (Å²) in [4.78, 5) is 10.9. The minimum absolute atomic E-state index is 0.00385. The number of amides is 1. The maximum Gasteiger partial charge on any atom is 0.263 e. The molecule has 0 aliphatic rings. The topological polar surface area (TPSA) is 87.3 Å². The van der Waals surface area contributed by atoms with Crippen molar-refractivity contribution < 1.29 is 13.2 Å². The fraction of sp³-hybridized carbons (Fsp3) is 0.167. The molecule has 0 atom stereocenters. The Hall–Kier alpha value is -1.93. The molecule has 0 heterocycles. The Balaban J connectivity index is 2.79. The van der Waals surface area contributed by atoms with Gasteiger partial charge in [0.1, 0.15) is 0 Å². The fourth-order valence-electron chi connectivity index (χ4n) is 1.30. The van der Waals surface area contributed by atoms with Gasteiger partial charge in [-0.15, -0.1) is 6.58 Å². The van der Waals surface area contributed by atoms with Crippen LogP contribution in [0, 0.1) is 0 Å². The van der Waals surface area contributed by atoms with Crippen LogP contribution in [0.2, 0.25) is 0 Å². The zero-order chi connectivity index (χ0) is 15.2. The van der Waals surface area contributed by atoms with Crippen LogP contribution in [0.15, 0.2) is 41.8 Å². The number of anilines is 1. The van der Waals surface area contributed by atoms with Crippen LogP contribution < -0.4 is 15.4 Å². The fourth-order valence-corrected chi connectivity index (χ4v) is 2.64. The Labute approximate surface area is 123 Å². The molecule has 0 aromatic heterocycles. The van der Waals surface area contributed by atoms with Crippen LogP contribution in [-0.4, -0.2) is 26.0 Å². The molecule has 0 unspecified atom stereocenters. The van der Waals surface area contributed by atoms with Crippen LogP contribution in [0.25, 0.3) is 0 Å². The highest BCUT2D eigenvalue weighted by molar-refractivity contribution is 7.91. The quantitative estimate of drug-likeness (QED) is 0.557. The SMILES string of the molecule is C=CCNC(=S)NS(=O)(=O)c1ccc(NC(C)=O)cc1. The summed E-state index contributed by atoms with van der Waals surface area (Å²) in [7, 11) is -3.74. The molecule has 1 amide bonds. The average molecular weight is 313 g/mol. The van der Waals surface area contributed by atoms with E-state index in [2.05, 4.69) is 21.9 Å². The van der Waals surface area contributed by atoms with Crippen LogP contribution in [0.4, 0.5) is 5.69 Å². The molecular weight excluding hydrogens is 298 g/mol. The maximum atomic E-state index is 12.0. The molecule has 0 bridgehead atoms. The third kappa shape index (κ3) is 4.98. The Morgan fingerprint density at radius 3 is 2.45 bits per heavy atom. The molecule has 0 fully saturated rings. The molecule has 8 heteroatoms.